The first-order valence-electron chi connectivity index (χ1n) is 8.44. The van der Waals surface area contributed by atoms with Crippen molar-refractivity contribution in [1.29, 1.82) is 0 Å². The molecule has 0 N–H and O–H groups in total. The minimum atomic E-state index is -0.173. The fourth-order valence-electron chi connectivity index (χ4n) is 4.00. The number of thiazole rings is 1. The summed E-state index contributed by atoms with van der Waals surface area (Å²) >= 11 is 1.65. The van der Waals surface area contributed by atoms with E-state index in [4.69, 9.17) is 0 Å². The van der Waals surface area contributed by atoms with Gasteiger partial charge in [-0.3, -0.25) is 14.4 Å². The minimum Gasteiger partial charge on any atom is -0.336 e. The third-order valence-electron chi connectivity index (χ3n) is 5.22. The Kier molecular flexibility index (Phi) is 3.92. The third-order valence-corrected chi connectivity index (χ3v) is 6.04. The van der Waals surface area contributed by atoms with E-state index in [0.29, 0.717) is 12.5 Å². The van der Waals surface area contributed by atoms with Crippen molar-refractivity contribution in [3.8, 4) is 0 Å². The highest BCUT2D eigenvalue weighted by Crippen LogP contribution is 2.41. The summed E-state index contributed by atoms with van der Waals surface area (Å²) < 4.78 is 1.83. The summed E-state index contributed by atoms with van der Waals surface area (Å²) in [6.45, 7) is 6.27. The molecule has 4 heterocycles. The van der Waals surface area contributed by atoms with Crippen LogP contribution < -0.4 is 0 Å². The summed E-state index contributed by atoms with van der Waals surface area (Å²) in [5.41, 5.74) is 2.07. The maximum absolute atomic E-state index is 13.0. The normalized spacial score (nSPS) is 24.6. The molecule has 0 bridgehead atoms. The molecule has 1 spiro atoms. The molecule has 0 radical (unpaired) electrons. The largest absolute Gasteiger partial charge is 0.336 e. The van der Waals surface area contributed by atoms with Crippen LogP contribution in [0, 0.1) is 12.3 Å². The molecule has 2 aliphatic heterocycles. The van der Waals surface area contributed by atoms with Crippen LogP contribution in [0.5, 0.6) is 0 Å². The van der Waals surface area contributed by atoms with E-state index < -0.39 is 0 Å². The maximum atomic E-state index is 13.0. The van der Waals surface area contributed by atoms with Gasteiger partial charge in [0.05, 0.1) is 28.9 Å². The van der Waals surface area contributed by atoms with Crippen molar-refractivity contribution >= 4 is 17.2 Å². The molecule has 7 heteroatoms. The number of carbonyl (C=O) groups is 1. The molecule has 1 amide bonds. The van der Waals surface area contributed by atoms with Crippen molar-refractivity contribution in [2.75, 3.05) is 19.6 Å². The Labute approximate surface area is 146 Å². The average molecular weight is 345 g/mol. The molecule has 0 aliphatic carbocycles. The van der Waals surface area contributed by atoms with Crippen molar-refractivity contribution in [3.05, 3.63) is 34.0 Å². The minimum absolute atomic E-state index is 0.173. The van der Waals surface area contributed by atoms with Crippen LogP contribution in [0.3, 0.4) is 0 Å². The molecule has 2 aliphatic rings. The summed E-state index contributed by atoms with van der Waals surface area (Å²) in [5.74, 6) is 0.321. The molecule has 2 saturated heterocycles. The predicted molar refractivity (Wildman–Crippen MR) is 92.4 cm³/mol. The summed E-state index contributed by atoms with van der Waals surface area (Å²) in [4.78, 5) is 21.9. The highest BCUT2D eigenvalue weighted by atomic mass is 32.1. The third kappa shape index (κ3) is 2.86. The molecule has 0 unspecified atom stereocenters. The van der Waals surface area contributed by atoms with Crippen molar-refractivity contribution in [2.24, 2.45) is 12.5 Å². The van der Waals surface area contributed by atoms with Gasteiger partial charge in [0, 0.05) is 43.8 Å². The molecule has 1 atom stereocenters. The number of hydrogen-bond acceptors (Lipinski definition) is 5. The molecule has 24 heavy (non-hydrogen) atoms. The highest BCUT2D eigenvalue weighted by molar-refractivity contribution is 7.09. The number of carbonyl (C=O) groups excluding carboxylic acids is 1. The van der Waals surface area contributed by atoms with Gasteiger partial charge in [0.25, 0.3) is 0 Å². The van der Waals surface area contributed by atoms with Crippen LogP contribution in [0.15, 0.2) is 17.8 Å². The van der Waals surface area contributed by atoms with Crippen molar-refractivity contribution in [2.45, 2.75) is 32.9 Å². The topological polar surface area (TPSA) is 54.3 Å². The Hall–Kier alpha value is -1.73. The Morgan fingerprint density at radius 1 is 1.29 bits per heavy atom. The predicted octanol–water partition coefficient (Wildman–Crippen LogP) is 1.81. The number of hydrogen-bond donors (Lipinski definition) is 0. The molecule has 2 aromatic heterocycles. The second kappa shape index (κ2) is 5.97. The van der Waals surface area contributed by atoms with Gasteiger partial charge in [-0.15, -0.1) is 11.3 Å². The lowest BCUT2D eigenvalue weighted by Crippen LogP contribution is -2.36. The molecule has 4 rings (SSSR count). The standard InChI is InChI=1S/C17H23N5OS/c1-13-19-15(11-24-13)10-22-6-4-17(16(22)23)3-5-21(12-17)9-14-7-18-20(2)8-14/h7-8,11H,3-6,9-10,12H2,1-2H3/t17-/m1/s1. The summed E-state index contributed by atoms with van der Waals surface area (Å²) in [5, 5.41) is 7.36. The second-order valence-electron chi connectivity index (χ2n) is 7.10. The molecule has 0 saturated carbocycles. The van der Waals surface area contributed by atoms with Crippen LogP contribution in [-0.4, -0.2) is 50.1 Å². The fraction of sp³-hybridized carbons (Fsp3) is 0.588. The fourth-order valence-corrected chi connectivity index (χ4v) is 4.61. The van der Waals surface area contributed by atoms with Crippen LogP contribution in [0.25, 0.3) is 0 Å². The van der Waals surface area contributed by atoms with Gasteiger partial charge in [0.1, 0.15) is 0 Å². The lowest BCUT2D eigenvalue weighted by Gasteiger charge is -2.23. The quantitative estimate of drug-likeness (QED) is 0.848. The van der Waals surface area contributed by atoms with Crippen LogP contribution >= 0.6 is 11.3 Å². The monoisotopic (exact) mass is 345 g/mol. The zero-order valence-corrected chi connectivity index (χ0v) is 15.1. The molecule has 0 aromatic carbocycles. The van der Waals surface area contributed by atoms with E-state index in [0.717, 1.165) is 49.7 Å². The maximum Gasteiger partial charge on any atom is 0.230 e. The summed E-state index contributed by atoms with van der Waals surface area (Å²) in [6.07, 6.45) is 5.91. The highest BCUT2D eigenvalue weighted by Gasteiger charge is 2.50. The Bertz CT molecular complexity index is 750. The van der Waals surface area contributed by atoms with Gasteiger partial charge >= 0.3 is 0 Å². The smallest absolute Gasteiger partial charge is 0.230 e. The molecule has 6 nitrogen and oxygen atoms in total. The average Bonchev–Trinajstić information content (AvgIpc) is 3.29. The van der Waals surface area contributed by atoms with E-state index in [1.807, 2.05) is 29.7 Å². The van der Waals surface area contributed by atoms with Crippen LogP contribution in [0.1, 0.15) is 29.1 Å². The van der Waals surface area contributed by atoms with E-state index in [-0.39, 0.29) is 5.41 Å². The lowest BCUT2D eigenvalue weighted by atomic mass is 9.85. The second-order valence-corrected chi connectivity index (χ2v) is 8.16. The molecule has 2 aromatic rings. The van der Waals surface area contributed by atoms with Gasteiger partial charge in [0.2, 0.25) is 5.91 Å². The van der Waals surface area contributed by atoms with Crippen LogP contribution in [0.4, 0.5) is 0 Å². The molecular weight excluding hydrogens is 322 g/mol. The van der Waals surface area contributed by atoms with Gasteiger partial charge in [0.15, 0.2) is 0 Å². The molecule has 2 fully saturated rings. The zero-order chi connectivity index (χ0) is 16.7. The van der Waals surface area contributed by atoms with Crippen LogP contribution in [-0.2, 0) is 24.9 Å². The van der Waals surface area contributed by atoms with E-state index in [1.165, 1.54) is 5.56 Å². The number of aromatic nitrogens is 3. The van der Waals surface area contributed by atoms with Gasteiger partial charge in [-0.05, 0) is 26.3 Å². The van der Waals surface area contributed by atoms with Gasteiger partial charge in [-0.25, -0.2) is 4.98 Å². The van der Waals surface area contributed by atoms with E-state index in [2.05, 4.69) is 26.6 Å². The van der Waals surface area contributed by atoms with Gasteiger partial charge < -0.3 is 4.90 Å². The van der Waals surface area contributed by atoms with E-state index in [9.17, 15) is 4.79 Å². The first kappa shape index (κ1) is 15.8. The number of likely N-dealkylation sites (tertiary alicyclic amines) is 2. The van der Waals surface area contributed by atoms with E-state index >= 15 is 0 Å². The Morgan fingerprint density at radius 2 is 2.12 bits per heavy atom. The van der Waals surface area contributed by atoms with Crippen molar-refractivity contribution in [3.63, 3.8) is 0 Å². The first-order chi connectivity index (χ1) is 11.5. The Balaban J connectivity index is 1.40. The van der Waals surface area contributed by atoms with Gasteiger partial charge in [-0.1, -0.05) is 0 Å². The molecular formula is C17H23N5OS. The SMILES string of the molecule is Cc1nc(CN2CC[C@@]3(CCN(Cc4cnn(C)c4)C3)C2=O)cs1. The number of aryl methyl sites for hydroxylation is 2. The van der Waals surface area contributed by atoms with Crippen molar-refractivity contribution < 1.29 is 4.79 Å². The van der Waals surface area contributed by atoms with Crippen molar-refractivity contribution in [1.82, 2.24) is 24.6 Å². The summed E-state index contributed by atoms with van der Waals surface area (Å²) in [7, 11) is 1.94. The number of rotatable bonds is 4. The van der Waals surface area contributed by atoms with E-state index in [1.54, 1.807) is 11.3 Å². The first-order valence-corrected chi connectivity index (χ1v) is 9.32. The zero-order valence-electron chi connectivity index (χ0n) is 14.2. The van der Waals surface area contributed by atoms with Gasteiger partial charge in [-0.2, -0.15) is 5.10 Å². The number of nitrogens with zero attached hydrogens (tertiary/aromatic N) is 5. The lowest BCUT2D eigenvalue weighted by molar-refractivity contribution is -0.136. The number of amides is 1. The Morgan fingerprint density at radius 3 is 2.83 bits per heavy atom. The van der Waals surface area contributed by atoms with Crippen LogP contribution in [0.2, 0.25) is 0 Å². The summed E-state index contributed by atoms with van der Waals surface area (Å²) in [6, 6.07) is 0. The molecule has 128 valence electrons.